The third kappa shape index (κ3) is 3.38. The molecule has 0 aliphatic heterocycles. The van der Waals surface area contributed by atoms with Crippen molar-refractivity contribution >= 4 is 17.2 Å². The summed E-state index contributed by atoms with van der Waals surface area (Å²) >= 11 is 1.58. The molecule has 1 aromatic carbocycles. The number of rotatable bonds is 6. The van der Waals surface area contributed by atoms with Crippen LogP contribution in [0.3, 0.4) is 0 Å². The second-order valence-corrected chi connectivity index (χ2v) is 5.66. The number of amides is 1. The van der Waals surface area contributed by atoms with Crippen molar-refractivity contribution in [3.63, 3.8) is 0 Å². The standard InChI is InChI=1S/C16H16N4O3S/c1-22-13-3-4-14(15(7-13)23-2)16(21)17-8-11-9-20(19-18-11)12-5-6-24-10-12/h3-7,9-10H,8H2,1-2H3,(H,17,21). The highest BCUT2D eigenvalue weighted by atomic mass is 32.1. The maximum absolute atomic E-state index is 12.3. The van der Waals surface area contributed by atoms with Crippen LogP contribution in [-0.2, 0) is 6.54 Å². The van der Waals surface area contributed by atoms with Crippen LogP contribution >= 0.6 is 11.3 Å². The molecule has 0 unspecified atom stereocenters. The first-order chi connectivity index (χ1) is 11.7. The second kappa shape index (κ2) is 7.14. The van der Waals surface area contributed by atoms with Crippen molar-refractivity contribution in [2.75, 3.05) is 14.2 Å². The molecule has 0 atom stereocenters. The van der Waals surface area contributed by atoms with Gasteiger partial charge in [0.25, 0.3) is 5.91 Å². The van der Waals surface area contributed by atoms with Crippen molar-refractivity contribution in [1.82, 2.24) is 20.3 Å². The molecular formula is C16H16N4O3S. The van der Waals surface area contributed by atoms with E-state index in [1.54, 1.807) is 47.5 Å². The highest BCUT2D eigenvalue weighted by molar-refractivity contribution is 7.08. The van der Waals surface area contributed by atoms with E-state index in [0.29, 0.717) is 22.8 Å². The Bertz CT molecular complexity index is 830. The fraction of sp³-hybridized carbons (Fsp3) is 0.188. The van der Waals surface area contributed by atoms with Crippen LogP contribution < -0.4 is 14.8 Å². The topological polar surface area (TPSA) is 78.3 Å². The van der Waals surface area contributed by atoms with E-state index in [1.807, 2.05) is 16.8 Å². The van der Waals surface area contributed by atoms with Crippen molar-refractivity contribution in [3.8, 4) is 17.2 Å². The molecule has 24 heavy (non-hydrogen) atoms. The van der Waals surface area contributed by atoms with Gasteiger partial charge in [-0.2, -0.15) is 11.3 Å². The van der Waals surface area contributed by atoms with Crippen LogP contribution in [0.2, 0.25) is 0 Å². The minimum absolute atomic E-state index is 0.250. The first-order valence-corrected chi connectivity index (χ1v) is 8.09. The fourth-order valence-corrected chi connectivity index (χ4v) is 2.77. The first-order valence-electron chi connectivity index (χ1n) is 7.15. The average molecular weight is 344 g/mol. The molecule has 0 aliphatic rings. The van der Waals surface area contributed by atoms with E-state index in [1.165, 1.54) is 7.11 Å². The lowest BCUT2D eigenvalue weighted by Gasteiger charge is -2.10. The van der Waals surface area contributed by atoms with Crippen molar-refractivity contribution in [2.24, 2.45) is 0 Å². The maximum atomic E-state index is 12.3. The van der Waals surface area contributed by atoms with Gasteiger partial charge in [0, 0.05) is 11.4 Å². The molecule has 1 amide bonds. The Morgan fingerprint density at radius 2 is 2.17 bits per heavy atom. The Balaban J connectivity index is 1.67. The number of methoxy groups -OCH3 is 2. The molecule has 0 saturated heterocycles. The minimum Gasteiger partial charge on any atom is -0.497 e. The van der Waals surface area contributed by atoms with Crippen molar-refractivity contribution < 1.29 is 14.3 Å². The van der Waals surface area contributed by atoms with Gasteiger partial charge < -0.3 is 14.8 Å². The maximum Gasteiger partial charge on any atom is 0.255 e. The number of hydrogen-bond acceptors (Lipinski definition) is 6. The van der Waals surface area contributed by atoms with Crippen LogP contribution in [0, 0.1) is 0 Å². The molecule has 0 spiro atoms. The van der Waals surface area contributed by atoms with Gasteiger partial charge in [-0.05, 0) is 23.6 Å². The lowest BCUT2D eigenvalue weighted by molar-refractivity contribution is 0.0947. The van der Waals surface area contributed by atoms with Gasteiger partial charge in [0.05, 0.1) is 38.2 Å². The molecule has 0 bridgehead atoms. The van der Waals surface area contributed by atoms with Crippen molar-refractivity contribution in [1.29, 1.82) is 0 Å². The number of nitrogens with one attached hydrogen (secondary N) is 1. The van der Waals surface area contributed by atoms with Gasteiger partial charge in [-0.25, -0.2) is 4.68 Å². The monoisotopic (exact) mass is 344 g/mol. The summed E-state index contributed by atoms with van der Waals surface area (Å²) in [5.41, 5.74) is 2.05. The normalized spacial score (nSPS) is 10.4. The van der Waals surface area contributed by atoms with Gasteiger partial charge in [-0.3, -0.25) is 4.79 Å². The summed E-state index contributed by atoms with van der Waals surface area (Å²) in [5, 5.41) is 14.9. The van der Waals surface area contributed by atoms with Gasteiger partial charge in [-0.15, -0.1) is 5.10 Å². The summed E-state index contributed by atoms with van der Waals surface area (Å²) in [6, 6.07) is 6.99. The van der Waals surface area contributed by atoms with Crippen molar-refractivity contribution in [3.05, 3.63) is 52.5 Å². The predicted molar refractivity (Wildman–Crippen MR) is 90.0 cm³/mol. The Labute approximate surface area is 142 Å². The molecule has 3 rings (SSSR count). The molecule has 8 heteroatoms. The molecule has 124 valence electrons. The van der Waals surface area contributed by atoms with Gasteiger partial charge in [0.2, 0.25) is 0 Å². The lowest BCUT2D eigenvalue weighted by Crippen LogP contribution is -2.23. The molecular weight excluding hydrogens is 328 g/mol. The summed E-state index contributed by atoms with van der Waals surface area (Å²) in [6.45, 7) is 0.276. The van der Waals surface area contributed by atoms with Crippen molar-refractivity contribution in [2.45, 2.75) is 6.54 Å². The van der Waals surface area contributed by atoms with Gasteiger partial charge in [-0.1, -0.05) is 5.21 Å². The highest BCUT2D eigenvalue weighted by Gasteiger charge is 2.14. The zero-order valence-electron chi connectivity index (χ0n) is 13.2. The number of hydrogen-bond donors (Lipinski definition) is 1. The largest absolute Gasteiger partial charge is 0.497 e. The highest BCUT2D eigenvalue weighted by Crippen LogP contribution is 2.24. The third-order valence-corrected chi connectivity index (χ3v) is 4.07. The Kier molecular flexibility index (Phi) is 4.76. The lowest BCUT2D eigenvalue weighted by atomic mass is 10.1. The number of carbonyl (C=O) groups excluding carboxylic acids is 1. The molecule has 0 fully saturated rings. The van der Waals surface area contributed by atoms with E-state index < -0.39 is 0 Å². The summed E-state index contributed by atoms with van der Waals surface area (Å²) in [4.78, 5) is 12.3. The molecule has 0 aliphatic carbocycles. The Hall–Kier alpha value is -2.87. The van der Waals surface area contributed by atoms with Gasteiger partial charge >= 0.3 is 0 Å². The van der Waals surface area contributed by atoms with Crippen LogP contribution in [0.5, 0.6) is 11.5 Å². The number of nitrogens with zero attached hydrogens (tertiary/aromatic N) is 3. The number of ether oxygens (including phenoxy) is 2. The number of benzene rings is 1. The number of carbonyl (C=O) groups is 1. The molecule has 7 nitrogen and oxygen atoms in total. The van der Waals surface area contributed by atoms with Gasteiger partial charge in [0.15, 0.2) is 0 Å². The molecule has 2 aromatic heterocycles. The third-order valence-electron chi connectivity index (χ3n) is 3.39. The number of thiophene rings is 1. The van der Waals surface area contributed by atoms with Crippen LogP contribution in [0.4, 0.5) is 0 Å². The van der Waals surface area contributed by atoms with E-state index in [4.69, 9.17) is 9.47 Å². The molecule has 0 radical (unpaired) electrons. The summed E-state index contributed by atoms with van der Waals surface area (Å²) in [6.07, 6.45) is 1.79. The molecule has 1 N–H and O–H groups in total. The van der Waals surface area contributed by atoms with Crippen LogP contribution in [0.1, 0.15) is 16.1 Å². The first kappa shape index (κ1) is 16.0. The van der Waals surface area contributed by atoms with E-state index in [0.717, 1.165) is 5.69 Å². The number of aromatic nitrogens is 3. The quantitative estimate of drug-likeness (QED) is 0.742. The Morgan fingerprint density at radius 3 is 2.88 bits per heavy atom. The molecule has 2 heterocycles. The van der Waals surface area contributed by atoms with Crippen LogP contribution in [0.25, 0.3) is 5.69 Å². The van der Waals surface area contributed by atoms with Gasteiger partial charge in [0.1, 0.15) is 17.2 Å². The van der Waals surface area contributed by atoms with E-state index in [9.17, 15) is 4.79 Å². The van der Waals surface area contributed by atoms with E-state index in [2.05, 4.69) is 15.6 Å². The SMILES string of the molecule is COc1ccc(C(=O)NCc2cn(-c3ccsc3)nn2)c(OC)c1. The fourth-order valence-electron chi connectivity index (χ4n) is 2.15. The smallest absolute Gasteiger partial charge is 0.255 e. The zero-order valence-corrected chi connectivity index (χ0v) is 14.0. The minimum atomic E-state index is -0.250. The summed E-state index contributed by atoms with van der Waals surface area (Å²) in [5.74, 6) is 0.829. The van der Waals surface area contributed by atoms with Crippen LogP contribution in [-0.4, -0.2) is 35.1 Å². The second-order valence-electron chi connectivity index (χ2n) is 4.88. The molecule has 3 aromatic rings. The van der Waals surface area contributed by atoms with E-state index in [-0.39, 0.29) is 12.5 Å². The average Bonchev–Trinajstić information content (AvgIpc) is 3.30. The predicted octanol–water partition coefficient (Wildman–Crippen LogP) is 2.28. The summed E-state index contributed by atoms with van der Waals surface area (Å²) < 4.78 is 12.0. The summed E-state index contributed by atoms with van der Waals surface area (Å²) in [7, 11) is 3.07. The molecule has 0 saturated carbocycles. The zero-order chi connectivity index (χ0) is 16.9. The Morgan fingerprint density at radius 1 is 1.29 bits per heavy atom. The van der Waals surface area contributed by atoms with Crippen LogP contribution in [0.15, 0.2) is 41.2 Å². The van der Waals surface area contributed by atoms with E-state index >= 15 is 0 Å².